The van der Waals surface area contributed by atoms with Crippen molar-refractivity contribution in [1.29, 1.82) is 0 Å². The third-order valence-corrected chi connectivity index (χ3v) is 6.03. The second-order valence-electron chi connectivity index (χ2n) is 8.46. The zero-order valence-electron chi connectivity index (χ0n) is 18.7. The Bertz CT molecular complexity index is 1360. The van der Waals surface area contributed by atoms with Gasteiger partial charge in [0.25, 0.3) is 5.56 Å². The molecule has 2 aromatic heterocycles. The minimum Gasteiger partial charge on any atom is -0.472 e. The molecule has 1 amide bonds. The van der Waals surface area contributed by atoms with Crippen LogP contribution in [0.2, 0.25) is 0 Å². The first-order valence-electron chi connectivity index (χ1n) is 11.0. The van der Waals surface area contributed by atoms with E-state index in [0.29, 0.717) is 67.6 Å². The van der Waals surface area contributed by atoms with Crippen molar-refractivity contribution in [2.24, 2.45) is 7.05 Å². The molecule has 2 aliphatic rings. The molecule has 34 heavy (non-hydrogen) atoms. The second-order valence-corrected chi connectivity index (χ2v) is 8.46. The molecule has 1 aromatic carbocycles. The molecule has 0 saturated carbocycles. The Kier molecular flexibility index (Phi) is 5.74. The number of aryl methyl sites for hydroxylation is 1. The Morgan fingerprint density at radius 2 is 2.09 bits per heavy atom. The minimum atomic E-state index is -0.494. The lowest BCUT2D eigenvalue weighted by Crippen LogP contribution is -2.32. The lowest BCUT2D eigenvalue weighted by Gasteiger charge is -2.19. The summed E-state index contributed by atoms with van der Waals surface area (Å²) in [5.41, 5.74) is 2.42. The zero-order chi connectivity index (χ0) is 23.8. The quantitative estimate of drug-likeness (QED) is 0.440. The van der Waals surface area contributed by atoms with Gasteiger partial charge < -0.3 is 19.4 Å². The monoisotopic (exact) mass is 465 g/mol. The number of hydrogen-bond acceptors (Lipinski definition) is 7. The van der Waals surface area contributed by atoms with Gasteiger partial charge in [0.1, 0.15) is 24.2 Å². The van der Waals surface area contributed by atoms with Gasteiger partial charge in [-0.2, -0.15) is 0 Å². The summed E-state index contributed by atoms with van der Waals surface area (Å²) in [7, 11) is 1.64. The van der Waals surface area contributed by atoms with Gasteiger partial charge in [-0.05, 0) is 42.1 Å². The van der Waals surface area contributed by atoms with Crippen molar-refractivity contribution in [3.63, 3.8) is 0 Å². The number of carbonyl (C=O) groups excluding carboxylic acids is 1. The predicted molar refractivity (Wildman–Crippen MR) is 124 cm³/mol. The first-order valence-corrected chi connectivity index (χ1v) is 11.0. The molecule has 5 rings (SSSR count). The summed E-state index contributed by atoms with van der Waals surface area (Å²) >= 11 is 0. The van der Waals surface area contributed by atoms with E-state index in [1.54, 1.807) is 19.2 Å². The minimum absolute atomic E-state index is 0.188. The van der Waals surface area contributed by atoms with Crippen LogP contribution in [0.15, 0.2) is 47.4 Å². The van der Waals surface area contributed by atoms with E-state index in [1.165, 1.54) is 27.8 Å². The van der Waals surface area contributed by atoms with Crippen LogP contribution in [0.4, 0.5) is 15.0 Å². The summed E-state index contributed by atoms with van der Waals surface area (Å²) in [4.78, 5) is 34.6. The van der Waals surface area contributed by atoms with Crippen LogP contribution in [0.1, 0.15) is 11.3 Å². The molecule has 0 aliphatic carbocycles. The van der Waals surface area contributed by atoms with E-state index in [0.717, 1.165) is 11.0 Å². The number of fused-ring (bicyclic) bond motifs is 2. The molecule has 1 N–H and O–H groups in total. The molecule has 0 bridgehead atoms. The maximum Gasteiger partial charge on any atom is 0.416 e. The molecule has 176 valence electrons. The molecule has 0 unspecified atom stereocenters. The van der Waals surface area contributed by atoms with Crippen LogP contribution < -0.4 is 20.5 Å². The average Bonchev–Trinajstić information content (AvgIpc) is 3.20. The van der Waals surface area contributed by atoms with Crippen LogP contribution in [0.3, 0.4) is 0 Å². The van der Waals surface area contributed by atoms with Crippen molar-refractivity contribution in [2.75, 3.05) is 31.1 Å². The standard InChI is InChI=1S/C24H24FN5O4/c1-14-9-19-23(33-13-14)27-11-20(28-19)30-12-16(34-24(30)32)10-26-8-7-17-18(25)5-3-15-4-6-21(31)29(2)22(15)17/h3-6,11,16,26H,1,7-10,12-13H2,2H3/t16-/m1/s1. The molecule has 9 nitrogen and oxygen atoms in total. The van der Waals surface area contributed by atoms with Gasteiger partial charge in [0.05, 0.1) is 18.3 Å². The molecular formula is C24H24FN5O4. The molecule has 2 aliphatic heterocycles. The molecule has 0 spiro atoms. The third-order valence-electron chi connectivity index (χ3n) is 6.03. The van der Waals surface area contributed by atoms with Crippen LogP contribution in [-0.4, -0.2) is 53.0 Å². The Labute approximate surface area is 194 Å². The lowest BCUT2D eigenvalue weighted by molar-refractivity contribution is 0.140. The van der Waals surface area contributed by atoms with E-state index in [9.17, 15) is 14.0 Å². The van der Waals surface area contributed by atoms with Gasteiger partial charge in [0.15, 0.2) is 5.82 Å². The first kappa shape index (κ1) is 22.0. The van der Waals surface area contributed by atoms with Gasteiger partial charge in [0.2, 0.25) is 5.88 Å². The van der Waals surface area contributed by atoms with Crippen LogP contribution in [0.25, 0.3) is 10.9 Å². The number of carbonyl (C=O) groups is 1. The fourth-order valence-electron chi connectivity index (χ4n) is 4.30. The van der Waals surface area contributed by atoms with Gasteiger partial charge in [-0.25, -0.2) is 19.2 Å². The number of benzene rings is 1. The number of halogens is 1. The fraction of sp³-hybridized carbons (Fsp3) is 0.333. The molecule has 1 atom stereocenters. The predicted octanol–water partition coefficient (Wildman–Crippen LogP) is 2.12. The van der Waals surface area contributed by atoms with Crippen LogP contribution in [-0.2, 0) is 24.6 Å². The summed E-state index contributed by atoms with van der Waals surface area (Å²) in [6.07, 6.45) is 1.55. The smallest absolute Gasteiger partial charge is 0.416 e. The molecule has 10 heteroatoms. The number of pyridine rings is 1. The van der Waals surface area contributed by atoms with E-state index in [1.807, 2.05) is 0 Å². The van der Waals surface area contributed by atoms with Crippen LogP contribution in [0.5, 0.6) is 5.88 Å². The van der Waals surface area contributed by atoms with Crippen molar-refractivity contribution in [1.82, 2.24) is 19.9 Å². The number of aromatic nitrogens is 3. The topological polar surface area (TPSA) is 98.6 Å². The molecule has 1 saturated heterocycles. The highest BCUT2D eigenvalue weighted by atomic mass is 19.1. The van der Waals surface area contributed by atoms with Crippen LogP contribution in [0, 0.1) is 5.82 Å². The van der Waals surface area contributed by atoms with E-state index in [4.69, 9.17) is 9.47 Å². The SMILES string of the molecule is C=C1COc2ncc(N3C[C@@H](CNCCc4c(F)ccc5ccc(=O)n(C)c45)OC3=O)nc2C1. The number of anilines is 1. The number of rotatable bonds is 6. The highest BCUT2D eigenvalue weighted by Gasteiger charge is 2.34. The fourth-order valence-corrected chi connectivity index (χ4v) is 4.30. The number of ether oxygens (including phenoxy) is 2. The zero-order valence-corrected chi connectivity index (χ0v) is 18.7. The van der Waals surface area contributed by atoms with Gasteiger partial charge in [0, 0.05) is 31.6 Å². The van der Waals surface area contributed by atoms with Crippen molar-refractivity contribution in [2.45, 2.75) is 18.9 Å². The Morgan fingerprint density at radius 3 is 2.94 bits per heavy atom. The van der Waals surface area contributed by atoms with Crippen molar-refractivity contribution < 1.29 is 18.7 Å². The van der Waals surface area contributed by atoms with Gasteiger partial charge in [-0.3, -0.25) is 9.69 Å². The summed E-state index contributed by atoms with van der Waals surface area (Å²) in [5, 5.41) is 4.03. The number of amides is 1. The van der Waals surface area contributed by atoms with E-state index in [-0.39, 0.29) is 11.4 Å². The number of cyclic esters (lactones) is 1. The van der Waals surface area contributed by atoms with Gasteiger partial charge in [-0.15, -0.1) is 0 Å². The summed E-state index contributed by atoms with van der Waals surface area (Å²) in [6.45, 7) is 5.49. The third kappa shape index (κ3) is 4.12. The summed E-state index contributed by atoms with van der Waals surface area (Å²) in [6, 6.07) is 6.25. The Balaban J connectivity index is 1.21. The van der Waals surface area contributed by atoms with Crippen LogP contribution >= 0.6 is 0 Å². The molecule has 4 heterocycles. The lowest BCUT2D eigenvalue weighted by atomic mass is 10.1. The summed E-state index contributed by atoms with van der Waals surface area (Å²) in [5.74, 6) is 0.509. The highest BCUT2D eigenvalue weighted by Crippen LogP contribution is 2.27. The molecule has 3 aromatic rings. The largest absolute Gasteiger partial charge is 0.472 e. The average molecular weight is 465 g/mol. The normalized spacial score (nSPS) is 17.6. The number of hydrogen-bond donors (Lipinski definition) is 1. The molecule has 1 fully saturated rings. The number of nitrogens with zero attached hydrogens (tertiary/aromatic N) is 4. The van der Waals surface area contributed by atoms with Gasteiger partial charge >= 0.3 is 6.09 Å². The van der Waals surface area contributed by atoms with E-state index < -0.39 is 12.2 Å². The molecule has 0 radical (unpaired) electrons. The Morgan fingerprint density at radius 1 is 1.26 bits per heavy atom. The highest BCUT2D eigenvalue weighted by molar-refractivity contribution is 5.88. The molecular weight excluding hydrogens is 441 g/mol. The summed E-state index contributed by atoms with van der Waals surface area (Å²) < 4.78 is 27.0. The van der Waals surface area contributed by atoms with E-state index in [2.05, 4.69) is 21.9 Å². The number of nitrogens with one attached hydrogen (secondary N) is 1. The first-order chi connectivity index (χ1) is 16.4. The maximum absolute atomic E-state index is 14.5. The van der Waals surface area contributed by atoms with Crippen molar-refractivity contribution in [3.05, 3.63) is 70.0 Å². The van der Waals surface area contributed by atoms with Crippen molar-refractivity contribution >= 4 is 22.8 Å². The maximum atomic E-state index is 14.5. The second kappa shape index (κ2) is 8.86. The Hall–Kier alpha value is -3.79. The van der Waals surface area contributed by atoms with E-state index >= 15 is 0 Å². The van der Waals surface area contributed by atoms with Crippen molar-refractivity contribution in [3.8, 4) is 5.88 Å². The van der Waals surface area contributed by atoms with Gasteiger partial charge in [-0.1, -0.05) is 6.58 Å².